The molecule has 2 aromatic rings. The minimum Gasteiger partial charge on any atom is -0.493 e. The van der Waals surface area contributed by atoms with Gasteiger partial charge in [0.25, 0.3) is 0 Å². The third-order valence-corrected chi connectivity index (χ3v) is 3.07. The fraction of sp³-hybridized carbons (Fsp3) is 0.188. The number of benzene rings is 2. The first kappa shape index (κ1) is 17.0. The molecule has 1 N–H and O–H groups in total. The van der Waals surface area contributed by atoms with Crippen molar-refractivity contribution in [1.29, 1.82) is 0 Å². The smallest absolute Gasteiger partial charge is 0.387 e. The number of hydrogen-bond acceptors (Lipinski definition) is 3. The van der Waals surface area contributed by atoms with E-state index < -0.39 is 6.61 Å². The summed E-state index contributed by atoms with van der Waals surface area (Å²) in [4.78, 5) is 11.8. The molecule has 0 atom stereocenters. The first-order valence-electron chi connectivity index (χ1n) is 6.76. The summed E-state index contributed by atoms with van der Waals surface area (Å²) < 4.78 is 33.9. The number of rotatable bonds is 7. The lowest BCUT2D eigenvalue weighted by atomic mass is 10.3. The molecule has 0 aromatic heterocycles. The third-order valence-electron chi connectivity index (χ3n) is 2.77. The highest BCUT2D eigenvalue weighted by atomic mass is 35.5. The van der Waals surface area contributed by atoms with E-state index >= 15 is 0 Å². The molecule has 0 aliphatic rings. The second-order valence-corrected chi connectivity index (χ2v) is 4.89. The first-order valence-corrected chi connectivity index (χ1v) is 7.14. The molecule has 2 rings (SSSR count). The van der Waals surface area contributed by atoms with Gasteiger partial charge < -0.3 is 14.8 Å². The van der Waals surface area contributed by atoms with Crippen molar-refractivity contribution in [3.63, 3.8) is 0 Å². The Balaban J connectivity index is 1.82. The predicted octanol–water partition coefficient (Wildman–Crippen LogP) is 4.35. The average Bonchev–Trinajstić information content (AvgIpc) is 2.51. The summed E-state index contributed by atoms with van der Waals surface area (Å²) in [6.07, 6.45) is 0.141. The Labute approximate surface area is 137 Å². The molecule has 0 fully saturated rings. The predicted molar refractivity (Wildman–Crippen MR) is 83.3 cm³/mol. The highest BCUT2D eigenvalue weighted by molar-refractivity contribution is 6.32. The number of alkyl halides is 2. The molecule has 0 spiro atoms. The Morgan fingerprint density at radius 2 is 1.91 bits per heavy atom. The van der Waals surface area contributed by atoms with E-state index in [0.717, 1.165) is 0 Å². The van der Waals surface area contributed by atoms with Crippen molar-refractivity contribution in [1.82, 2.24) is 0 Å². The highest BCUT2D eigenvalue weighted by Crippen LogP contribution is 2.28. The lowest BCUT2D eigenvalue weighted by Crippen LogP contribution is -2.15. The number of anilines is 1. The standard InChI is InChI=1S/C16H14ClF2NO3/c17-13-10-11(6-7-14(13)23-16(18)19)20-15(21)8-9-22-12-4-2-1-3-5-12/h1-7,10,16H,8-9H2,(H,20,21). The molecule has 0 saturated heterocycles. The fourth-order valence-electron chi connectivity index (χ4n) is 1.77. The van der Waals surface area contributed by atoms with Gasteiger partial charge in [0, 0.05) is 5.69 Å². The maximum Gasteiger partial charge on any atom is 0.387 e. The lowest BCUT2D eigenvalue weighted by molar-refractivity contribution is -0.116. The van der Waals surface area contributed by atoms with Crippen LogP contribution in [0.25, 0.3) is 0 Å². The molecule has 0 radical (unpaired) electrons. The molecule has 0 unspecified atom stereocenters. The fourth-order valence-corrected chi connectivity index (χ4v) is 2.00. The van der Waals surface area contributed by atoms with Gasteiger partial charge in [-0.2, -0.15) is 8.78 Å². The van der Waals surface area contributed by atoms with Crippen LogP contribution in [0.1, 0.15) is 6.42 Å². The quantitative estimate of drug-likeness (QED) is 0.814. The summed E-state index contributed by atoms with van der Waals surface area (Å²) in [6.45, 7) is -2.74. The van der Waals surface area contributed by atoms with Gasteiger partial charge in [-0.25, -0.2) is 0 Å². The van der Waals surface area contributed by atoms with Gasteiger partial charge in [0.2, 0.25) is 5.91 Å². The molecule has 7 heteroatoms. The monoisotopic (exact) mass is 341 g/mol. The third kappa shape index (κ3) is 5.75. The summed E-state index contributed by atoms with van der Waals surface area (Å²) in [5, 5.41) is 2.59. The minimum absolute atomic E-state index is 0.0105. The average molecular weight is 342 g/mol. The molecule has 23 heavy (non-hydrogen) atoms. The van der Waals surface area contributed by atoms with E-state index in [1.54, 1.807) is 12.1 Å². The highest BCUT2D eigenvalue weighted by Gasteiger charge is 2.10. The van der Waals surface area contributed by atoms with Crippen LogP contribution in [0.5, 0.6) is 11.5 Å². The van der Waals surface area contributed by atoms with Crippen LogP contribution in [0.15, 0.2) is 48.5 Å². The Bertz CT molecular complexity index is 653. The van der Waals surface area contributed by atoms with Gasteiger partial charge >= 0.3 is 6.61 Å². The summed E-state index contributed by atoms with van der Waals surface area (Å²) in [5.74, 6) is 0.253. The molecule has 0 aliphatic carbocycles. The van der Waals surface area contributed by atoms with E-state index in [1.165, 1.54) is 18.2 Å². The number of hydrogen-bond donors (Lipinski definition) is 1. The normalized spacial score (nSPS) is 10.4. The van der Waals surface area contributed by atoms with Gasteiger partial charge in [0.15, 0.2) is 0 Å². The van der Waals surface area contributed by atoms with Crippen LogP contribution in [-0.2, 0) is 4.79 Å². The zero-order chi connectivity index (χ0) is 16.7. The molecule has 0 bridgehead atoms. The van der Waals surface area contributed by atoms with E-state index in [4.69, 9.17) is 16.3 Å². The van der Waals surface area contributed by atoms with E-state index in [9.17, 15) is 13.6 Å². The molecule has 0 aliphatic heterocycles. The molecule has 2 aromatic carbocycles. The zero-order valence-corrected chi connectivity index (χ0v) is 12.7. The van der Waals surface area contributed by atoms with Crippen molar-refractivity contribution in [3.05, 3.63) is 53.6 Å². The van der Waals surface area contributed by atoms with Gasteiger partial charge in [-0.1, -0.05) is 29.8 Å². The van der Waals surface area contributed by atoms with Crippen molar-refractivity contribution in [2.24, 2.45) is 0 Å². The first-order chi connectivity index (χ1) is 11.0. The minimum atomic E-state index is -2.96. The van der Waals surface area contributed by atoms with E-state index in [1.807, 2.05) is 18.2 Å². The molecule has 1 amide bonds. The van der Waals surface area contributed by atoms with Gasteiger partial charge in [-0.15, -0.1) is 0 Å². The Morgan fingerprint density at radius 1 is 1.17 bits per heavy atom. The summed E-state index contributed by atoms with van der Waals surface area (Å²) in [6, 6.07) is 13.2. The maximum absolute atomic E-state index is 12.1. The topological polar surface area (TPSA) is 47.6 Å². The van der Waals surface area contributed by atoms with Crippen LogP contribution in [0.2, 0.25) is 5.02 Å². The van der Waals surface area contributed by atoms with Gasteiger partial charge in [-0.3, -0.25) is 4.79 Å². The van der Waals surface area contributed by atoms with Gasteiger partial charge in [-0.05, 0) is 30.3 Å². The van der Waals surface area contributed by atoms with Crippen molar-refractivity contribution in [2.75, 3.05) is 11.9 Å². The molecule has 0 saturated carbocycles. The van der Waals surface area contributed by atoms with E-state index in [-0.39, 0.29) is 29.7 Å². The van der Waals surface area contributed by atoms with Crippen molar-refractivity contribution in [2.45, 2.75) is 13.0 Å². The number of nitrogens with one attached hydrogen (secondary N) is 1. The molecule has 0 heterocycles. The SMILES string of the molecule is O=C(CCOc1ccccc1)Nc1ccc(OC(F)F)c(Cl)c1. The van der Waals surface area contributed by atoms with Crippen molar-refractivity contribution >= 4 is 23.2 Å². The molecular weight excluding hydrogens is 328 g/mol. The number of carbonyl (C=O) groups excluding carboxylic acids is 1. The second-order valence-electron chi connectivity index (χ2n) is 4.48. The van der Waals surface area contributed by atoms with Gasteiger partial charge in [0.05, 0.1) is 18.1 Å². The second kappa shape index (κ2) is 8.33. The van der Waals surface area contributed by atoms with Crippen molar-refractivity contribution < 1.29 is 23.0 Å². The lowest BCUT2D eigenvalue weighted by Gasteiger charge is -2.10. The maximum atomic E-state index is 12.1. The van der Waals surface area contributed by atoms with E-state index in [2.05, 4.69) is 10.1 Å². The van der Waals surface area contributed by atoms with Crippen LogP contribution in [0.3, 0.4) is 0 Å². The van der Waals surface area contributed by atoms with Gasteiger partial charge in [0.1, 0.15) is 11.5 Å². The number of amides is 1. The number of ether oxygens (including phenoxy) is 2. The zero-order valence-electron chi connectivity index (χ0n) is 12.0. The Kier molecular flexibility index (Phi) is 6.17. The molecule has 122 valence electrons. The number of carbonyl (C=O) groups is 1. The summed E-state index contributed by atoms with van der Waals surface area (Å²) in [5.41, 5.74) is 0.390. The Morgan fingerprint density at radius 3 is 2.57 bits per heavy atom. The largest absolute Gasteiger partial charge is 0.493 e. The van der Waals surface area contributed by atoms with Crippen LogP contribution >= 0.6 is 11.6 Å². The summed E-state index contributed by atoms with van der Waals surface area (Å²) in [7, 11) is 0. The van der Waals surface area contributed by atoms with E-state index in [0.29, 0.717) is 11.4 Å². The van der Waals surface area contributed by atoms with Crippen LogP contribution in [0.4, 0.5) is 14.5 Å². The Hall–Kier alpha value is -2.34. The summed E-state index contributed by atoms with van der Waals surface area (Å²) >= 11 is 5.81. The van der Waals surface area contributed by atoms with Crippen LogP contribution in [0, 0.1) is 0 Å². The number of para-hydroxylation sites is 1. The number of halogens is 3. The van der Waals surface area contributed by atoms with Crippen LogP contribution in [-0.4, -0.2) is 19.1 Å². The molecular formula is C16H14ClF2NO3. The van der Waals surface area contributed by atoms with Crippen LogP contribution < -0.4 is 14.8 Å². The molecule has 4 nitrogen and oxygen atoms in total. The van der Waals surface area contributed by atoms with Crippen molar-refractivity contribution in [3.8, 4) is 11.5 Å².